The van der Waals surface area contributed by atoms with Gasteiger partial charge in [-0.1, -0.05) is 84.9 Å². The quantitative estimate of drug-likeness (QED) is 0.134. The molecular weight excluding hydrogens is 603 g/mol. The van der Waals surface area contributed by atoms with Crippen molar-refractivity contribution in [1.29, 1.82) is 0 Å². The highest BCUT2D eigenvalue weighted by molar-refractivity contribution is 6.28. The summed E-state index contributed by atoms with van der Waals surface area (Å²) in [6, 6.07) is 49.7. The van der Waals surface area contributed by atoms with Crippen LogP contribution in [0.4, 0.5) is 53.0 Å². The zero-order valence-electron chi connectivity index (χ0n) is 25.5. The smallest absolute Gasteiger partial charge is 0.310 e. The van der Waals surface area contributed by atoms with Crippen LogP contribution in [-0.2, 0) is 6.18 Å². The molecule has 0 N–H and O–H groups in total. The third-order valence-corrected chi connectivity index (χ3v) is 8.82. The van der Waals surface area contributed by atoms with Crippen LogP contribution in [0.3, 0.4) is 0 Å². The van der Waals surface area contributed by atoms with Gasteiger partial charge in [-0.2, -0.15) is 13.2 Å². The van der Waals surface area contributed by atoms with Crippen molar-refractivity contribution in [3.63, 3.8) is 0 Å². The zero-order valence-corrected chi connectivity index (χ0v) is 25.5. The molecule has 8 aromatic rings. The maximum Gasteiger partial charge on any atom is 0.416 e. The fourth-order valence-electron chi connectivity index (χ4n) is 6.64. The van der Waals surface area contributed by atoms with Gasteiger partial charge in [0.2, 0.25) is 0 Å². The number of hydrogen-bond donors (Lipinski definition) is 0. The van der Waals surface area contributed by atoms with Crippen molar-refractivity contribution in [2.75, 3.05) is 9.80 Å². The number of para-hydroxylation sites is 2. The topological polar surface area (TPSA) is 10.8 Å². The lowest BCUT2D eigenvalue weighted by molar-refractivity contribution is -0.137. The van der Waals surface area contributed by atoms with E-state index in [0.717, 1.165) is 72.9 Å². The van der Waals surface area contributed by atoms with Crippen LogP contribution in [0.2, 0.25) is 0 Å². The Balaban J connectivity index is 1.37. The zero-order chi connectivity index (χ0) is 32.8. The molecule has 8 rings (SSSR count). The molecule has 3 nitrogen and oxygen atoms in total. The minimum Gasteiger partial charge on any atom is -0.310 e. The maximum absolute atomic E-state index is 13.5. The van der Waals surface area contributed by atoms with E-state index in [1.54, 1.807) is 0 Å². The fourth-order valence-corrected chi connectivity index (χ4v) is 6.64. The summed E-state index contributed by atoms with van der Waals surface area (Å²) in [7, 11) is 0. The number of halogens is 3. The second-order valence-corrected chi connectivity index (χ2v) is 11.6. The summed E-state index contributed by atoms with van der Waals surface area (Å²) in [5.41, 5.74) is 5.13. The Labute approximate surface area is 275 Å². The van der Waals surface area contributed by atoms with Gasteiger partial charge in [-0.3, -0.25) is 0 Å². The van der Waals surface area contributed by atoms with E-state index in [1.165, 1.54) is 12.1 Å². The molecule has 0 saturated carbocycles. The Hall–Kier alpha value is -6.32. The van der Waals surface area contributed by atoms with Crippen LogP contribution in [-0.4, -0.2) is 0 Å². The number of alkyl halides is 3. The Kier molecular flexibility index (Phi) is 6.96. The molecule has 0 aliphatic heterocycles. The molecule has 0 amide bonds. The second-order valence-electron chi connectivity index (χ2n) is 11.6. The number of benzene rings is 8. The lowest BCUT2D eigenvalue weighted by Crippen LogP contribution is -2.12. The van der Waals surface area contributed by atoms with E-state index in [1.807, 2.05) is 83.8 Å². The molecule has 0 atom stereocenters. The first kappa shape index (κ1) is 29.1. The summed E-state index contributed by atoms with van der Waals surface area (Å²) in [4.78, 5) is 7.80. The van der Waals surface area contributed by atoms with Crippen LogP contribution in [0.25, 0.3) is 37.2 Å². The highest BCUT2D eigenvalue weighted by Gasteiger charge is 2.30. The van der Waals surface area contributed by atoms with Gasteiger partial charge in [-0.15, -0.1) is 0 Å². The fraction of sp³-hybridized carbons (Fsp3) is 0.0238. The van der Waals surface area contributed by atoms with E-state index in [4.69, 9.17) is 6.57 Å². The largest absolute Gasteiger partial charge is 0.416 e. The van der Waals surface area contributed by atoms with E-state index >= 15 is 0 Å². The summed E-state index contributed by atoms with van der Waals surface area (Å²) in [5, 5.41) is 6.37. The number of hydrogen-bond acceptors (Lipinski definition) is 2. The number of anilines is 6. The first-order valence-corrected chi connectivity index (χ1v) is 15.5. The molecule has 48 heavy (non-hydrogen) atoms. The number of nitrogens with zero attached hydrogens (tertiary/aromatic N) is 3. The van der Waals surface area contributed by atoms with E-state index in [-0.39, 0.29) is 0 Å². The summed E-state index contributed by atoms with van der Waals surface area (Å²) in [6.07, 6.45) is -4.42. The third-order valence-electron chi connectivity index (χ3n) is 8.82. The highest BCUT2D eigenvalue weighted by atomic mass is 19.4. The third kappa shape index (κ3) is 4.94. The van der Waals surface area contributed by atoms with E-state index in [0.29, 0.717) is 11.4 Å². The SMILES string of the molecule is [C-]#[N+]c1ccc(N(c2ccccc2)c2ccc3ccc4c(N(c5ccccc5)c5ccc(C(F)(F)F)cc5)ccc5ccc2c3c54)cc1. The lowest BCUT2D eigenvalue weighted by atomic mass is 9.91. The van der Waals surface area contributed by atoms with Crippen molar-refractivity contribution in [2.24, 2.45) is 0 Å². The molecule has 0 bridgehead atoms. The maximum atomic E-state index is 13.5. The molecule has 0 aliphatic rings. The van der Waals surface area contributed by atoms with Gasteiger partial charge in [-0.25, -0.2) is 4.85 Å². The van der Waals surface area contributed by atoms with Crippen molar-refractivity contribution in [2.45, 2.75) is 6.18 Å². The van der Waals surface area contributed by atoms with Crippen LogP contribution < -0.4 is 9.80 Å². The Morgan fingerprint density at radius 2 is 0.833 bits per heavy atom. The van der Waals surface area contributed by atoms with Crippen molar-refractivity contribution in [3.8, 4) is 0 Å². The van der Waals surface area contributed by atoms with Crippen molar-refractivity contribution in [1.82, 2.24) is 0 Å². The van der Waals surface area contributed by atoms with Crippen LogP contribution in [0, 0.1) is 6.57 Å². The van der Waals surface area contributed by atoms with Crippen LogP contribution in [0.5, 0.6) is 0 Å². The van der Waals surface area contributed by atoms with Crippen LogP contribution in [0.15, 0.2) is 158 Å². The normalized spacial score (nSPS) is 11.6. The molecule has 0 unspecified atom stereocenters. The predicted molar refractivity (Wildman–Crippen MR) is 191 cm³/mol. The van der Waals surface area contributed by atoms with Gasteiger partial charge in [0.05, 0.1) is 23.5 Å². The Morgan fingerprint density at radius 1 is 0.438 bits per heavy atom. The van der Waals surface area contributed by atoms with Crippen molar-refractivity contribution < 1.29 is 13.2 Å². The summed E-state index contributed by atoms with van der Waals surface area (Å²) in [6.45, 7) is 7.43. The van der Waals surface area contributed by atoms with E-state index in [2.05, 4.69) is 64.3 Å². The molecule has 0 radical (unpaired) electrons. The van der Waals surface area contributed by atoms with Gasteiger partial charge in [-0.05, 0) is 94.3 Å². The van der Waals surface area contributed by atoms with Gasteiger partial charge >= 0.3 is 6.18 Å². The number of rotatable bonds is 6. The van der Waals surface area contributed by atoms with Gasteiger partial charge in [0.25, 0.3) is 0 Å². The minimum absolute atomic E-state index is 0.575. The lowest BCUT2D eigenvalue weighted by Gasteiger charge is -2.29. The van der Waals surface area contributed by atoms with Gasteiger partial charge < -0.3 is 9.80 Å². The average Bonchev–Trinajstić information content (AvgIpc) is 3.13. The molecule has 0 saturated heterocycles. The van der Waals surface area contributed by atoms with Gasteiger partial charge in [0.15, 0.2) is 5.69 Å². The first-order chi connectivity index (χ1) is 23.4. The molecule has 8 aromatic carbocycles. The molecule has 230 valence electrons. The molecule has 0 heterocycles. The summed E-state index contributed by atoms with van der Waals surface area (Å²) >= 11 is 0. The Bertz CT molecular complexity index is 2430. The van der Waals surface area contributed by atoms with Gasteiger partial charge in [0.1, 0.15) is 0 Å². The standard InChI is InChI=1S/C42H26F3N3/c1-46-31-18-22-35(23-19-31)48(33-10-6-3-7-11-33)39-27-15-29-12-24-36-38(26-14-28-13-25-37(39)41(29)40(28)36)47(32-8-4-2-5-9-32)34-20-16-30(17-21-34)42(43,44)45/h2-27H. The van der Waals surface area contributed by atoms with Crippen LogP contribution >= 0.6 is 0 Å². The van der Waals surface area contributed by atoms with E-state index < -0.39 is 11.7 Å². The first-order valence-electron chi connectivity index (χ1n) is 15.5. The molecule has 0 aliphatic carbocycles. The molecule has 0 fully saturated rings. The average molecular weight is 630 g/mol. The van der Waals surface area contributed by atoms with E-state index in [9.17, 15) is 13.2 Å². The highest BCUT2D eigenvalue weighted by Crippen LogP contribution is 2.47. The molecular formula is C42H26F3N3. The monoisotopic (exact) mass is 629 g/mol. The second kappa shape index (κ2) is 11.5. The molecule has 0 spiro atoms. The predicted octanol–water partition coefficient (Wildman–Crippen LogP) is 13.1. The molecule has 6 heteroatoms. The van der Waals surface area contributed by atoms with Crippen molar-refractivity contribution in [3.05, 3.63) is 175 Å². The van der Waals surface area contributed by atoms with Crippen LogP contribution in [0.1, 0.15) is 5.56 Å². The van der Waals surface area contributed by atoms with Gasteiger partial charge in [0, 0.05) is 33.5 Å². The van der Waals surface area contributed by atoms with Crippen molar-refractivity contribution >= 4 is 72.1 Å². The molecule has 0 aromatic heterocycles. The summed E-state index contributed by atoms with van der Waals surface area (Å²) < 4.78 is 40.6. The summed E-state index contributed by atoms with van der Waals surface area (Å²) in [5.74, 6) is 0. The Morgan fingerprint density at radius 3 is 1.25 bits per heavy atom. The minimum atomic E-state index is -4.42.